The maximum absolute atomic E-state index is 12.7. The molecule has 0 fully saturated rings. The lowest BCUT2D eigenvalue weighted by atomic mass is 10.1. The normalized spacial score (nSPS) is 13.6. The predicted molar refractivity (Wildman–Crippen MR) is 102 cm³/mol. The standard InChI is InChI=1S/C21H19N3O6/c1-13(18(25)23(2)9-4-8-22)30-21(28)14-6-7-16-17(11-14)20(27)24(19(16)26)12-15-5-3-10-29-15/h3,5-7,10-11,13H,4,9,12H2,1-2H3/t13-/m0/s1. The highest BCUT2D eigenvalue weighted by molar-refractivity contribution is 6.21. The second-order valence-corrected chi connectivity index (χ2v) is 6.75. The quantitative estimate of drug-likeness (QED) is 0.506. The Morgan fingerprint density at radius 1 is 1.23 bits per heavy atom. The molecule has 0 unspecified atom stereocenters. The van der Waals surface area contributed by atoms with Gasteiger partial charge in [0.05, 0.1) is 42.0 Å². The van der Waals surface area contributed by atoms with Gasteiger partial charge in [-0.05, 0) is 37.3 Å². The molecule has 0 saturated heterocycles. The summed E-state index contributed by atoms with van der Waals surface area (Å²) in [6.45, 7) is 1.63. The molecular weight excluding hydrogens is 390 g/mol. The number of rotatable bonds is 7. The van der Waals surface area contributed by atoms with Crippen molar-refractivity contribution in [3.8, 4) is 6.07 Å². The van der Waals surface area contributed by atoms with Gasteiger partial charge in [0.25, 0.3) is 17.7 Å². The van der Waals surface area contributed by atoms with E-state index in [9.17, 15) is 19.2 Å². The van der Waals surface area contributed by atoms with E-state index in [1.54, 1.807) is 12.1 Å². The molecule has 3 rings (SSSR count). The fourth-order valence-electron chi connectivity index (χ4n) is 3.04. The number of nitrogens with zero attached hydrogens (tertiary/aromatic N) is 3. The monoisotopic (exact) mass is 409 g/mol. The number of benzene rings is 1. The maximum atomic E-state index is 12.7. The number of carbonyl (C=O) groups is 4. The minimum absolute atomic E-state index is 0.0142. The van der Waals surface area contributed by atoms with Gasteiger partial charge in [-0.25, -0.2) is 4.79 Å². The van der Waals surface area contributed by atoms with Crippen molar-refractivity contribution in [1.29, 1.82) is 5.26 Å². The third-order valence-electron chi connectivity index (χ3n) is 4.67. The molecule has 1 aliphatic rings. The number of ether oxygens (including phenoxy) is 1. The molecule has 154 valence electrons. The topological polar surface area (TPSA) is 121 Å². The average Bonchev–Trinajstić information content (AvgIpc) is 3.34. The summed E-state index contributed by atoms with van der Waals surface area (Å²) in [5.74, 6) is -1.81. The zero-order chi connectivity index (χ0) is 21.8. The summed E-state index contributed by atoms with van der Waals surface area (Å²) in [5, 5.41) is 8.60. The van der Waals surface area contributed by atoms with Gasteiger partial charge in [-0.3, -0.25) is 19.3 Å². The molecule has 0 spiro atoms. The van der Waals surface area contributed by atoms with Crippen LogP contribution >= 0.6 is 0 Å². The van der Waals surface area contributed by atoms with Gasteiger partial charge >= 0.3 is 5.97 Å². The van der Waals surface area contributed by atoms with E-state index in [4.69, 9.17) is 14.4 Å². The second kappa shape index (κ2) is 8.61. The Morgan fingerprint density at radius 3 is 2.63 bits per heavy atom. The minimum Gasteiger partial charge on any atom is -0.467 e. The predicted octanol–water partition coefficient (Wildman–Crippen LogP) is 1.99. The summed E-state index contributed by atoms with van der Waals surface area (Å²) in [6.07, 6.45) is 0.544. The molecule has 0 aliphatic carbocycles. The number of amides is 3. The Bertz CT molecular complexity index is 1040. The zero-order valence-electron chi connectivity index (χ0n) is 16.5. The van der Waals surface area contributed by atoms with Crippen LogP contribution in [0.4, 0.5) is 0 Å². The SMILES string of the molecule is C[C@H](OC(=O)c1ccc2c(c1)C(=O)N(Cc1ccco1)C2=O)C(=O)N(C)CCC#N. The van der Waals surface area contributed by atoms with E-state index in [1.807, 2.05) is 6.07 Å². The van der Waals surface area contributed by atoms with Gasteiger partial charge in [0.15, 0.2) is 6.10 Å². The first-order valence-electron chi connectivity index (χ1n) is 9.19. The fraction of sp³-hybridized carbons (Fsp3) is 0.286. The van der Waals surface area contributed by atoms with Gasteiger partial charge in [0.1, 0.15) is 5.76 Å². The molecule has 0 saturated carbocycles. The highest BCUT2D eigenvalue weighted by Crippen LogP contribution is 2.26. The average molecular weight is 409 g/mol. The number of hydrogen-bond donors (Lipinski definition) is 0. The first-order valence-corrected chi connectivity index (χ1v) is 9.19. The van der Waals surface area contributed by atoms with Gasteiger partial charge in [-0.1, -0.05) is 0 Å². The number of imide groups is 1. The van der Waals surface area contributed by atoms with Gasteiger partial charge in [0.2, 0.25) is 0 Å². The summed E-state index contributed by atoms with van der Waals surface area (Å²) < 4.78 is 10.4. The molecule has 0 radical (unpaired) electrons. The summed E-state index contributed by atoms with van der Waals surface area (Å²) in [4.78, 5) is 52.2. The van der Waals surface area contributed by atoms with Gasteiger partial charge in [-0.2, -0.15) is 5.26 Å². The Balaban J connectivity index is 1.71. The maximum Gasteiger partial charge on any atom is 0.338 e. The molecule has 3 amide bonds. The summed E-state index contributed by atoms with van der Waals surface area (Å²) in [5.41, 5.74) is 0.323. The van der Waals surface area contributed by atoms with Crippen LogP contribution in [0.5, 0.6) is 0 Å². The number of carbonyl (C=O) groups excluding carboxylic acids is 4. The fourth-order valence-corrected chi connectivity index (χ4v) is 3.04. The van der Waals surface area contributed by atoms with Crippen molar-refractivity contribution >= 4 is 23.7 Å². The third-order valence-corrected chi connectivity index (χ3v) is 4.67. The van der Waals surface area contributed by atoms with E-state index in [0.717, 1.165) is 4.90 Å². The van der Waals surface area contributed by atoms with Crippen molar-refractivity contribution in [2.75, 3.05) is 13.6 Å². The van der Waals surface area contributed by atoms with E-state index in [-0.39, 0.29) is 36.2 Å². The van der Waals surface area contributed by atoms with Gasteiger partial charge < -0.3 is 14.1 Å². The van der Waals surface area contributed by atoms with Crippen LogP contribution in [0.25, 0.3) is 0 Å². The molecule has 1 aliphatic heterocycles. The van der Waals surface area contributed by atoms with Crippen LogP contribution in [-0.2, 0) is 16.1 Å². The highest BCUT2D eigenvalue weighted by atomic mass is 16.5. The lowest BCUT2D eigenvalue weighted by molar-refractivity contribution is -0.138. The van der Waals surface area contributed by atoms with Crippen molar-refractivity contribution in [2.24, 2.45) is 0 Å². The number of likely N-dealkylation sites (N-methyl/N-ethyl adjacent to an activating group) is 1. The number of esters is 1. The molecule has 9 nitrogen and oxygen atoms in total. The van der Waals surface area contributed by atoms with Crippen LogP contribution in [0.2, 0.25) is 0 Å². The molecule has 30 heavy (non-hydrogen) atoms. The smallest absolute Gasteiger partial charge is 0.338 e. The first-order chi connectivity index (χ1) is 14.3. The second-order valence-electron chi connectivity index (χ2n) is 6.75. The molecule has 1 aromatic carbocycles. The van der Waals surface area contributed by atoms with Crippen LogP contribution in [-0.4, -0.2) is 53.2 Å². The van der Waals surface area contributed by atoms with Crippen LogP contribution in [0.1, 0.15) is 50.2 Å². The highest BCUT2D eigenvalue weighted by Gasteiger charge is 2.36. The molecular formula is C21H19N3O6. The number of hydrogen-bond acceptors (Lipinski definition) is 7. The van der Waals surface area contributed by atoms with Crippen LogP contribution < -0.4 is 0 Å². The summed E-state index contributed by atoms with van der Waals surface area (Å²) >= 11 is 0. The van der Waals surface area contributed by atoms with Gasteiger partial charge in [-0.15, -0.1) is 0 Å². The molecule has 0 bridgehead atoms. The molecule has 2 heterocycles. The van der Waals surface area contributed by atoms with Crippen molar-refractivity contribution in [3.63, 3.8) is 0 Å². The van der Waals surface area contributed by atoms with E-state index in [0.29, 0.717) is 5.76 Å². The van der Waals surface area contributed by atoms with Crippen molar-refractivity contribution < 1.29 is 28.3 Å². The Labute approximate surface area is 172 Å². The number of nitriles is 1. The molecule has 9 heteroatoms. The number of fused-ring (bicyclic) bond motifs is 1. The van der Waals surface area contributed by atoms with E-state index in [1.165, 1.54) is 43.3 Å². The zero-order valence-corrected chi connectivity index (χ0v) is 16.5. The Kier molecular flexibility index (Phi) is 5.97. The van der Waals surface area contributed by atoms with Gasteiger partial charge in [0, 0.05) is 13.6 Å². The van der Waals surface area contributed by atoms with Crippen molar-refractivity contribution in [1.82, 2.24) is 9.80 Å². The van der Waals surface area contributed by atoms with Crippen LogP contribution in [0.3, 0.4) is 0 Å². The Morgan fingerprint density at radius 2 is 1.97 bits per heavy atom. The van der Waals surface area contributed by atoms with Crippen molar-refractivity contribution in [2.45, 2.75) is 26.0 Å². The van der Waals surface area contributed by atoms with Crippen LogP contribution in [0.15, 0.2) is 41.0 Å². The first kappa shape index (κ1) is 20.8. The van der Waals surface area contributed by atoms with Crippen LogP contribution in [0, 0.1) is 11.3 Å². The minimum atomic E-state index is -1.07. The molecule has 0 N–H and O–H groups in total. The van der Waals surface area contributed by atoms with Crippen molar-refractivity contribution in [3.05, 3.63) is 59.0 Å². The molecule has 1 atom stereocenters. The van der Waals surface area contributed by atoms with E-state index >= 15 is 0 Å². The van der Waals surface area contributed by atoms with E-state index in [2.05, 4.69) is 0 Å². The molecule has 2 aromatic rings. The Hall–Kier alpha value is -3.93. The third kappa shape index (κ3) is 4.07. The lowest BCUT2D eigenvalue weighted by Gasteiger charge is -2.20. The summed E-state index contributed by atoms with van der Waals surface area (Å²) in [6, 6.07) is 9.29. The van der Waals surface area contributed by atoms with E-state index < -0.39 is 29.8 Å². The largest absolute Gasteiger partial charge is 0.467 e. The lowest BCUT2D eigenvalue weighted by Crippen LogP contribution is -2.37. The number of furan rings is 1. The summed E-state index contributed by atoms with van der Waals surface area (Å²) in [7, 11) is 1.51. The molecule has 1 aromatic heterocycles.